The number of nitrogens with zero attached hydrogens (tertiary/aromatic N) is 3. The van der Waals surface area contributed by atoms with Gasteiger partial charge in [0.05, 0.1) is 23.8 Å². The molecule has 2 saturated heterocycles. The summed E-state index contributed by atoms with van der Waals surface area (Å²) in [4.78, 5) is 15.2. The second-order valence-corrected chi connectivity index (χ2v) is 15.6. The molecule has 2 heterocycles. The number of piperidine rings is 2. The number of nitriles is 1. The number of amides is 1. The maximum absolute atomic E-state index is 11.5. The standard InChI is InChI=1S/C24H37N3O5Si/c1-16(26-12-18-14-27(23(29)30)15-19(13-26)21(18)28)22(32-33(5,6)24(2,3)4)31-20-9-7-17(11-25)8-10-20/h7-10,16,18-19,21-22,28H,12-15H2,1-6H3,(H,29,30). The Bertz CT molecular complexity index is 864. The molecule has 33 heavy (non-hydrogen) atoms. The third kappa shape index (κ3) is 5.69. The van der Waals surface area contributed by atoms with Gasteiger partial charge in [0.15, 0.2) is 8.32 Å². The summed E-state index contributed by atoms with van der Waals surface area (Å²) in [6, 6.07) is 9.04. The molecule has 0 saturated carbocycles. The minimum atomic E-state index is -2.17. The number of carboxylic acid groups (broad SMARTS) is 1. The number of likely N-dealkylation sites (tertiary alicyclic amines) is 2. The Morgan fingerprint density at radius 3 is 2.15 bits per heavy atom. The van der Waals surface area contributed by atoms with E-state index < -0.39 is 26.8 Å². The van der Waals surface area contributed by atoms with Gasteiger partial charge in [0.2, 0.25) is 6.29 Å². The first-order valence-corrected chi connectivity index (χ1v) is 14.5. The van der Waals surface area contributed by atoms with Gasteiger partial charge in [-0.3, -0.25) is 4.90 Å². The highest BCUT2D eigenvalue weighted by molar-refractivity contribution is 6.74. The number of aliphatic hydroxyl groups is 1. The summed E-state index contributed by atoms with van der Waals surface area (Å²) >= 11 is 0. The summed E-state index contributed by atoms with van der Waals surface area (Å²) in [6.45, 7) is 14.8. The van der Waals surface area contributed by atoms with Gasteiger partial charge in [0, 0.05) is 38.0 Å². The van der Waals surface area contributed by atoms with Gasteiger partial charge >= 0.3 is 6.09 Å². The molecule has 2 fully saturated rings. The minimum Gasteiger partial charge on any atom is -0.465 e. The first-order chi connectivity index (χ1) is 15.3. The SMILES string of the molecule is CC(C(Oc1ccc(C#N)cc1)O[Si](C)(C)C(C)(C)C)N1CC2CN(C(=O)O)CC(C1)C2O. The number of rotatable bonds is 6. The van der Waals surface area contributed by atoms with Gasteiger partial charge in [-0.15, -0.1) is 0 Å². The van der Waals surface area contributed by atoms with E-state index in [1.807, 2.05) is 0 Å². The van der Waals surface area contributed by atoms with Crippen LogP contribution in [-0.4, -0.2) is 79.0 Å². The molecule has 8 nitrogen and oxygen atoms in total. The molecule has 1 aromatic rings. The lowest BCUT2D eigenvalue weighted by Gasteiger charge is -2.51. The monoisotopic (exact) mass is 475 g/mol. The van der Waals surface area contributed by atoms with Gasteiger partial charge in [-0.1, -0.05) is 20.8 Å². The van der Waals surface area contributed by atoms with Gasteiger partial charge < -0.3 is 24.3 Å². The van der Waals surface area contributed by atoms with Crippen LogP contribution in [0.5, 0.6) is 5.75 Å². The fraction of sp³-hybridized carbons (Fsp3) is 0.667. The summed E-state index contributed by atoms with van der Waals surface area (Å²) in [7, 11) is -2.17. The van der Waals surface area contributed by atoms with Crippen molar-refractivity contribution in [2.45, 2.75) is 64.3 Å². The lowest BCUT2D eigenvalue weighted by molar-refractivity contribution is -0.120. The van der Waals surface area contributed by atoms with Crippen LogP contribution in [0.15, 0.2) is 24.3 Å². The number of fused-ring (bicyclic) bond motifs is 2. The number of benzene rings is 1. The molecule has 4 unspecified atom stereocenters. The largest absolute Gasteiger partial charge is 0.465 e. The van der Waals surface area contributed by atoms with Crippen molar-refractivity contribution in [2.24, 2.45) is 11.8 Å². The second-order valence-electron chi connectivity index (χ2n) is 10.9. The van der Waals surface area contributed by atoms with E-state index in [4.69, 9.17) is 14.4 Å². The highest BCUT2D eigenvalue weighted by Gasteiger charge is 2.47. The normalized spacial score (nSPS) is 25.8. The van der Waals surface area contributed by atoms with Crippen LogP contribution in [0.25, 0.3) is 0 Å². The zero-order valence-corrected chi connectivity index (χ0v) is 21.5. The summed E-state index contributed by atoms with van der Waals surface area (Å²) in [5.41, 5.74) is 0.568. The molecule has 2 aliphatic heterocycles. The molecule has 9 heteroatoms. The van der Waals surface area contributed by atoms with Crippen molar-refractivity contribution in [3.8, 4) is 11.8 Å². The summed E-state index contributed by atoms with van der Waals surface area (Å²) < 4.78 is 13.1. The minimum absolute atomic E-state index is 0.00438. The molecule has 0 aliphatic carbocycles. The summed E-state index contributed by atoms with van der Waals surface area (Å²) in [5.74, 6) is 0.359. The molecular formula is C24H37N3O5Si. The van der Waals surface area contributed by atoms with E-state index in [1.165, 1.54) is 4.90 Å². The van der Waals surface area contributed by atoms with Crippen LogP contribution in [0, 0.1) is 23.2 Å². The summed E-state index contributed by atoms with van der Waals surface area (Å²) in [5, 5.41) is 29.2. The van der Waals surface area contributed by atoms with Crippen LogP contribution in [0.2, 0.25) is 18.1 Å². The maximum Gasteiger partial charge on any atom is 0.407 e. The Balaban J connectivity index is 1.82. The Morgan fingerprint density at radius 1 is 1.15 bits per heavy atom. The van der Waals surface area contributed by atoms with E-state index in [2.05, 4.69) is 51.8 Å². The van der Waals surface area contributed by atoms with E-state index in [9.17, 15) is 15.0 Å². The Hall–Kier alpha value is -2.12. The molecule has 1 amide bonds. The average molecular weight is 476 g/mol. The number of aliphatic hydroxyl groups excluding tert-OH is 1. The molecule has 0 radical (unpaired) electrons. The topological polar surface area (TPSA) is 106 Å². The Labute approximate surface area is 197 Å². The Kier molecular flexibility index (Phi) is 7.44. The predicted molar refractivity (Wildman–Crippen MR) is 127 cm³/mol. The highest BCUT2D eigenvalue weighted by atomic mass is 28.4. The average Bonchev–Trinajstić information content (AvgIpc) is 2.72. The lowest BCUT2D eigenvalue weighted by atomic mass is 9.81. The molecule has 1 aromatic carbocycles. The van der Waals surface area contributed by atoms with Gasteiger partial charge in [-0.25, -0.2) is 4.79 Å². The van der Waals surface area contributed by atoms with Gasteiger partial charge in [-0.05, 0) is 49.3 Å². The quantitative estimate of drug-likeness (QED) is 0.478. The molecular weight excluding hydrogens is 438 g/mol. The zero-order chi connectivity index (χ0) is 24.6. The van der Waals surface area contributed by atoms with E-state index in [0.717, 1.165) is 0 Å². The van der Waals surface area contributed by atoms with Crippen LogP contribution in [-0.2, 0) is 4.43 Å². The van der Waals surface area contributed by atoms with Crippen LogP contribution >= 0.6 is 0 Å². The second kappa shape index (κ2) is 9.62. The van der Waals surface area contributed by atoms with Crippen molar-refractivity contribution >= 4 is 14.4 Å². The fourth-order valence-corrected chi connectivity index (χ4v) is 5.52. The molecule has 2 N–H and O–H groups in total. The molecule has 4 atom stereocenters. The highest BCUT2D eigenvalue weighted by Crippen LogP contribution is 2.39. The third-order valence-corrected chi connectivity index (χ3v) is 11.9. The number of carbonyl (C=O) groups is 1. The van der Waals surface area contributed by atoms with Crippen molar-refractivity contribution in [1.82, 2.24) is 9.80 Å². The van der Waals surface area contributed by atoms with Crippen molar-refractivity contribution in [1.29, 1.82) is 5.26 Å². The smallest absolute Gasteiger partial charge is 0.407 e. The third-order valence-electron chi connectivity index (χ3n) is 7.51. The van der Waals surface area contributed by atoms with Crippen molar-refractivity contribution < 1.29 is 24.2 Å². The van der Waals surface area contributed by atoms with Crippen LogP contribution < -0.4 is 4.74 Å². The molecule has 0 aromatic heterocycles. The van der Waals surface area contributed by atoms with Crippen LogP contribution in [0.3, 0.4) is 0 Å². The lowest BCUT2D eigenvalue weighted by Crippen LogP contribution is -2.64. The first-order valence-electron chi connectivity index (χ1n) is 11.6. The van der Waals surface area contributed by atoms with E-state index in [-0.39, 0.29) is 22.9 Å². The van der Waals surface area contributed by atoms with Gasteiger partial charge in [0.25, 0.3) is 0 Å². The maximum atomic E-state index is 11.5. The molecule has 2 bridgehead atoms. The molecule has 3 rings (SSSR count). The van der Waals surface area contributed by atoms with Gasteiger partial charge in [-0.2, -0.15) is 5.26 Å². The van der Waals surface area contributed by atoms with E-state index in [0.29, 0.717) is 37.5 Å². The first kappa shape index (κ1) is 25.5. The van der Waals surface area contributed by atoms with E-state index >= 15 is 0 Å². The van der Waals surface area contributed by atoms with E-state index in [1.54, 1.807) is 24.3 Å². The van der Waals surface area contributed by atoms with Gasteiger partial charge in [0.1, 0.15) is 5.75 Å². The number of hydrogen-bond acceptors (Lipinski definition) is 6. The van der Waals surface area contributed by atoms with Crippen LogP contribution in [0.4, 0.5) is 4.79 Å². The number of hydrogen-bond donors (Lipinski definition) is 2. The summed E-state index contributed by atoms with van der Waals surface area (Å²) in [6.07, 6.45) is -1.96. The van der Waals surface area contributed by atoms with Crippen molar-refractivity contribution in [3.05, 3.63) is 29.8 Å². The molecule has 182 valence electrons. The molecule has 0 spiro atoms. The van der Waals surface area contributed by atoms with Crippen molar-refractivity contribution in [3.63, 3.8) is 0 Å². The fourth-order valence-electron chi connectivity index (χ4n) is 4.34. The predicted octanol–water partition coefficient (Wildman–Crippen LogP) is 3.58. The van der Waals surface area contributed by atoms with Crippen LogP contribution in [0.1, 0.15) is 33.3 Å². The number of ether oxygens (including phenoxy) is 1. The zero-order valence-electron chi connectivity index (χ0n) is 20.5. The van der Waals surface area contributed by atoms with Crippen molar-refractivity contribution in [2.75, 3.05) is 26.2 Å². The molecule has 2 aliphatic rings. The Morgan fingerprint density at radius 2 is 1.70 bits per heavy atom.